The number of nitrogens with one attached hydrogen (secondary N) is 1. The maximum Gasteiger partial charge on any atom is 0.347 e. The van der Waals surface area contributed by atoms with E-state index in [0.29, 0.717) is 22.5 Å². The molecule has 0 aliphatic carbocycles. The average Bonchev–Trinajstić information content (AvgIpc) is 2.98. The number of hydrogen-bond donors (Lipinski definition) is 1. The first-order chi connectivity index (χ1) is 11.7. The van der Waals surface area contributed by atoms with Crippen LogP contribution in [0.3, 0.4) is 0 Å². The van der Waals surface area contributed by atoms with Crippen LogP contribution in [0.15, 0.2) is 71.7 Å². The van der Waals surface area contributed by atoms with Crippen molar-refractivity contribution in [1.82, 2.24) is 14.6 Å². The Balaban J connectivity index is 2.01. The number of pyridine rings is 1. The monoisotopic (exact) mass is 321 g/mol. The van der Waals surface area contributed by atoms with Gasteiger partial charge in [0.05, 0.1) is 11.8 Å². The van der Waals surface area contributed by atoms with Gasteiger partial charge in [0.1, 0.15) is 5.75 Å². The van der Waals surface area contributed by atoms with E-state index in [4.69, 9.17) is 4.74 Å². The number of ether oxygens (including phenoxy) is 1. The number of fused-ring (bicyclic) bond motifs is 1. The summed E-state index contributed by atoms with van der Waals surface area (Å²) in [7, 11) is 0. The first-order valence-electron chi connectivity index (χ1n) is 7.31. The van der Waals surface area contributed by atoms with Crippen molar-refractivity contribution in [3.8, 4) is 22.6 Å². The topological polar surface area (TPSA) is 59.4 Å². The Morgan fingerprint density at radius 3 is 2.38 bits per heavy atom. The van der Waals surface area contributed by atoms with Gasteiger partial charge in [0.15, 0.2) is 17.2 Å². The van der Waals surface area contributed by atoms with Crippen molar-refractivity contribution in [3.63, 3.8) is 0 Å². The Hall–Kier alpha value is -3.41. The van der Waals surface area contributed by atoms with Gasteiger partial charge >= 0.3 is 5.69 Å². The van der Waals surface area contributed by atoms with Crippen molar-refractivity contribution in [2.24, 2.45) is 0 Å². The Morgan fingerprint density at radius 1 is 1.00 bits per heavy atom. The number of H-pyrrole nitrogens is 1. The number of aromatic nitrogens is 3. The molecule has 0 bridgehead atoms. The molecule has 2 aromatic heterocycles. The van der Waals surface area contributed by atoms with Crippen LogP contribution in [-0.2, 0) is 0 Å². The Morgan fingerprint density at radius 2 is 1.67 bits per heavy atom. The minimum Gasteiger partial charge on any atom is -0.453 e. The highest BCUT2D eigenvalue weighted by atomic mass is 19.1. The van der Waals surface area contributed by atoms with Gasteiger partial charge in [-0.05, 0) is 17.7 Å². The molecule has 1 N–H and O–H groups in total. The Bertz CT molecular complexity index is 1060. The lowest BCUT2D eigenvalue weighted by Crippen LogP contribution is -2.10. The van der Waals surface area contributed by atoms with E-state index in [-0.39, 0.29) is 5.75 Å². The Kier molecular flexibility index (Phi) is 3.35. The summed E-state index contributed by atoms with van der Waals surface area (Å²) in [5.74, 6) is -0.122. The second-order valence-corrected chi connectivity index (χ2v) is 5.18. The van der Waals surface area contributed by atoms with Crippen LogP contribution in [-0.4, -0.2) is 14.6 Å². The fourth-order valence-electron chi connectivity index (χ4n) is 2.56. The van der Waals surface area contributed by atoms with E-state index < -0.39 is 11.5 Å². The fourth-order valence-corrected chi connectivity index (χ4v) is 2.56. The highest BCUT2D eigenvalue weighted by Gasteiger charge is 2.20. The van der Waals surface area contributed by atoms with Crippen LogP contribution < -0.4 is 10.4 Å². The van der Waals surface area contributed by atoms with Gasteiger partial charge in [-0.3, -0.25) is 0 Å². The van der Waals surface area contributed by atoms with Gasteiger partial charge in [-0.1, -0.05) is 48.5 Å². The molecule has 5 nitrogen and oxygen atoms in total. The van der Waals surface area contributed by atoms with E-state index in [2.05, 4.69) is 10.2 Å². The molecular formula is C18H12FN3O2. The van der Waals surface area contributed by atoms with Gasteiger partial charge < -0.3 is 4.74 Å². The predicted molar refractivity (Wildman–Crippen MR) is 87.7 cm³/mol. The third-order valence-corrected chi connectivity index (χ3v) is 3.64. The fraction of sp³-hybridized carbons (Fsp3) is 0. The van der Waals surface area contributed by atoms with E-state index >= 15 is 0 Å². The van der Waals surface area contributed by atoms with Crippen molar-refractivity contribution in [1.29, 1.82) is 0 Å². The lowest BCUT2D eigenvalue weighted by atomic mass is 10.1. The van der Waals surface area contributed by atoms with Gasteiger partial charge in [-0.2, -0.15) is 5.10 Å². The molecule has 4 rings (SSSR count). The summed E-state index contributed by atoms with van der Waals surface area (Å²) in [6.07, 6.45) is 1.08. The maximum absolute atomic E-state index is 14.7. The van der Waals surface area contributed by atoms with Crippen molar-refractivity contribution >= 4 is 5.65 Å². The molecule has 0 saturated heterocycles. The van der Waals surface area contributed by atoms with Gasteiger partial charge in [0.25, 0.3) is 0 Å². The highest BCUT2D eigenvalue weighted by molar-refractivity contribution is 5.83. The molecular weight excluding hydrogens is 309 g/mol. The van der Waals surface area contributed by atoms with E-state index in [1.165, 1.54) is 0 Å². The minimum atomic E-state index is -0.645. The number of aromatic amines is 1. The van der Waals surface area contributed by atoms with Gasteiger partial charge in [-0.25, -0.2) is 18.7 Å². The molecule has 0 unspecified atom stereocenters. The molecule has 0 radical (unpaired) electrons. The molecule has 24 heavy (non-hydrogen) atoms. The van der Waals surface area contributed by atoms with Crippen LogP contribution in [0.25, 0.3) is 16.8 Å². The van der Waals surface area contributed by atoms with Crippen molar-refractivity contribution in [3.05, 3.63) is 83.2 Å². The van der Waals surface area contributed by atoms with Crippen LogP contribution in [0, 0.1) is 5.82 Å². The van der Waals surface area contributed by atoms with E-state index in [0.717, 1.165) is 10.6 Å². The zero-order valence-corrected chi connectivity index (χ0v) is 12.4. The van der Waals surface area contributed by atoms with Crippen LogP contribution in [0.1, 0.15) is 0 Å². The largest absolute Gasteiger partial charge is 0.453 e. The molecule has 4 aromatic rings. The molecule has 2 heterocycles. The quantitative estimate of drug-likeness (QED) is 0.627. The summed E-state index contributed by atoms with van der Waals surface area (Å²) in [4.78, 5) is 11.8. The normalized spacial score (nSPS) is 10.9. The predicted octanol–water partition coefficient (Wildman–Crippen LogP) is 3.62. The van der Waals surface area contributed by atoms with E-state index in [9.17, 15) is 9.18 Å². The first kappa shape index (κ1) is 14.2. The SMILES string of the molecule is O=c1[nH]nc2c(-c3ccccc3)c(Oc3ccccc3)c(F)cn12. The molecule has 0 spiro atoms. The second kappa shape index (κ2) is 5.66. The first-order valence-corrected chi connectivity index (χ1v) is 7.31. The zero-order valence-electron chi connectivity index (χ0n) is 12.4. The number of halogens is 1. The molecule has 6 heteroatoms. The molecule has 0 atom stereocenters. The number of benzene rings is 2. The van der Waals surface area contributed by atoms with Gasteiger partial charge in [0, 0.05) is 0 Å². The summed E-state index contributed by atoms with van der Waals surface area (Å²) < 4.78 is 21.6. The minimum absolute atomic E-state index is 0.0268. The standard InChI is InChI=1S/C18H12FN3O2/c19-14-11-22-17(20-21-18(22)23)15(12-7-3-1-4-8-12)16(14)24-13-9-5-2-6-10-13/h1-11H,(H,21,23). The van der Waals surface area contributed by atoms with E-state index in [1.807, 2.05) is 36.4 Å². The molecule has 0 aliphatic rings. The molecule has 0 fully saturated rings. The second-order valence-electron chi connectivity index (χ2n) is 5.18. The van der Waals surface area contributed by atoms with Gasteiger partial charge in [0.2, 0.25) is 0 Å². The van der Waals surface area contributed by atoms with Gasteiger partial charge in [-0.15, -0.1) is 0 Å². The average molecular weight is 321 g/mol. The molecule has 0 aliphatic heterocycles. The number of rotatable bonds is 3. The third kappa shape index (κ3) is 2.34. The summed E-state index contributed by atoms with van der Waals surface area (Å²) in [6, 6.07) is 18.0. The summed E-state index contributed by atoms with van der Waals surface area (Å²) >= 11 is 0. The molecule has 2 aromatic carbocycles. The maximum atomic E-state index is 14.7. The smallest absolute Gasteiger partial charge is 0.347 e. The van der Waals surface area contributed by atoms with Crippen LogP contribution in [0.2, 0.25) is 0 Å². The highest BCUT2D eigenvalue weighted by Crippen LogP contribution is 2.37. The number of para-hydroxylation sites is 1. The zero-order chi connectivity index (χ0) is 16.5. The van der Waals surface area contributed by atoms with Crippen molar-refractivity contribution < 1.29 is 9.13 Å². The summed E-state index contributed by atoms with van der Waals surface area (Å²) in [5, 5.41) is 6.36. The molecule has 0 amide bonds. The summed E-state index contributed by atoms with van der Waals surface area (Å²) in [6.45, 7) is 0. The number of nitrogens with zero attached hydrogens (tertiary/aromatic N) is 2. The lowest BCUT2D eigenvalue weighted by Gasteiger charge is -2.13. The van der Waals surface area contributed by atoms with E-state index in [1.54, 1.807) is 24.3 Å². The van der Waals surface area contributed by atoms with Crippen LogP contribution in [0.4, 0.5) is 4.39 Å². The Labute approximate surface area is 136 Å². The number of hydrogen-bond acceptors (Lipinski definition) is 3. The van der Waals surface area contributed by atoms with Crippen molar-refractivity contribution in [2.75, 3.05) is 0 Å². The van der Waals surface area contributed by atoms with Crippen LogP contribution in [0.5, 0.6) is 11.5 Å². The third-order valence-electron chi connectivity index (χ3n) is 3.64. The molecule has 0 saturated carbocycles. The van der Waals surface area contributed by atoms with Crippen LogP contribution >= 0.6 is 0 Å². The van der Waals surface area contributed by atoms with Crippen molar-refractivity contribution in [2.45, 2.75) is 0 Å². The molecule has 118 valence electrons. The summed E-state index contributed by atoms with van der Waals surface area (Å²) in [5.41, 5.74) is 0.913. The lowest BCUT2D eigenvalue weighted by molar-refractivity contribution is 0.442.